The van der Waals surface area contributed by atoms with E-state index in [1.165, 1.54) is 12.1 Å². The van der Waals surface area contributed by atoms with E-state index in [0.29, 0.717) is 30.9 Å². The van der Waals surface area contributed by atoms with E-state index in [0.717, 1.165) is 31.6 Å². The number of nitrogens with zero attached hydrogens (tertiary/aromatic N) is 1. The van der Waals surface area contributed by atoms with Crippen molar-refractivity contribution in [3.63, 3.8) is 0 Å². The molecule has 1 saturated heterocycles. The van der Waals surface area contributed by atoms with Crippen LogP contribution in [0.5, 0.6) is 5.75 Å². The van der Waals surface area contributed by atoms with Crippen LogP contribution in [0.4, 0.5) is 0 Å². The summed E-state index contributed by atoms with van der Waals surface area (Å²) in [5.74, 6) is -0.953. The summed E-state index contributed by atoms with van der Waals surface area (Å²) in [4.78, 5) is 27.7. The van der Waals surface area contributed by atoms with Gasteiger partial charge in [-0.2, -0.15) is 4.72 Å². The summed E-state index contributed by atoms with van der Waals surface area (Å²) in [5.41, 5.74) is 1.60. The van der Waals surface area contributed by atoms with Crippen molar-refractivity contribution in [1.82, 2.24) is 14.9 Å². The molecule has 2 N–H and O–H groups in total. The summed E-state index contributed by atoms with van der Waals surface area (Å²) >= 11 is 0. The van der Waals surface area contributed by atoms with Gasteiger partial charge in [-0.1, -0.05) is 43.7 Å². The van der Waals surface area contributed by atoms with Crippen LogP contribution >= 0.6 is 0 Å². The van der Waals surface area contributed by atoms with E-state index in [4.69, 9.17) is 9.47 Å². The van der Waals surface area contributed by atoms with Gasteiger partial charge in [-0.05, 0) is 75.6 Å². The van der Waals surface area contributed by atoms with E-state index in [9.17, 15) is 18.0 Å². The molecule has 1 aliphatic rings. The fourth-order valence-corrected chi connectivity index (χ4v) is 5.25. The van der Waals surface area contributed by atoms with Crippen LogP contribution in [0.2, 0.25) is 0 Å². The summed E-state index contributed by atoms with van der Waals surface area (Å²) in [5, 5.41) is 2.98. The molecule has 10 heteroatoms. The van der Waals surface area contributed by atoms with Crippen molar-refractivity contribution in [3.05, 3.63) is 59.7 Å². The summed E-state index contributed by atoms with van der Waals surface area (Å²) < 4.78 is 39.4. The molecule has 37 heavy (non-hydrogen) atoms. The number of hydrogen-bond acceptors (Lipinski definition) is 8. The molecule has 1 heterocycles. The van der Waals surface area contributed by atoms with E-state index >= 15 is 0 Å². The second-order valence-corrected chi connectivity index (χ2v) is 10.8. The lowest BCUT2D eigenvalue weighted by Crippen LogP contribution is -2.45. The number of sulfonamides is 1. The van der Waals surface area contributed by atoms with Gasteiger partial charge in [0.1, 0.15) is 24.4 Å². The molecule has 0 aliphatic carbocycles. The standard InChI is InChI=1S/C27H37N3O6S/c1-4-30(5-2)17-18-35-22-12-10-21(11-13-22)19-25(27(32)36-26(31)24-7-6-16-28-24)29-37(33,34)23-14-8-20(3)9-15-23/h8-15,24-25,28-29H,4-7,16-19H2,1-3H3/t24-,25-/m0/s1. The van der Waals surface area contributed by atoms with Crippen molar-refractivity contribution in [2.24, 2.45) is 0 Å². The molecule has 1 aliphatic heterocycles. The van der Waals surface area contributed by atoms with Gasteiger partial charge in [-0.25, -0.2) is 18.0 Å². The molecule has 0 unspecified atom stereocenters. The average molecular weight is 532 g/mol. The van der Waals surface area contributed by atoms with Gasteiger partial charge in [-0.3, -0.25) is 0 Å². The first kappa shape index (κ1) is 28.8. The summed E-state index contributed by atoms with van der Waals surface area (Å²) in [7, 11) is -4.04. The van der Waals surface area contributed by atoms with Crippen LogP contribution in [0.15, 0.2) is 53.4 Å². The number of ether oxygens (including phenoxy) is 2. The number of hydrogen-bond donors (Lipinski definition) is 2. The van der Waals surface area contributed by atoms with Crippen LogP contribution in [-0.2, 0) is 30.8 Å². The molecular formula is C27H37N3O6S. The third kappa shape index (κ3) is 8.63. The molecule has 2 aromatic carbocycles. The second-order valence-electron chi connectivity index (χ2n) is 9.10. The number of likely N-dealkylation sites (N-methyl/N-ethyl adjacent to an activating group) is 1. The van der Waals surface area contributed by atoms with Crippen molar-refractivity contribution in [2.45, 2.75) is 57.0 Å². The molecule has 9 nitrogen and oxygen atoms in total. The normalized spacial score (nSPS) is 16.5. The monoisotopic (exact) mass is 531 g/mol. The van der Waals surface area contributed by atoms with Gasteiger partial charge in [0.15, 0.2) is 0 Å². The zero-order chi connectivity index (χ0) is 26.8. The lowest BCUT2D eigenvalue weighted by Gasteiger charge is -2.19. The van der Waals surface area contributed by atoms with Gasteiger partial charge in [0.05, 0.1) is 4.90 Å². The predicted molar refractivity (Wildman–Crippen MR) is 141 cm³/mol. The van der Waals surface area contributed by atoms with Gasteiger partial charge >= 0.3 is 11.9 Å². The Labute approximate surface area is 219 Å². The first-order chi connectivity index (χ1) is 17.7. The highest BCUT2D eigenvalue weighted by atomic mass is 32.2. The highest BCUT2D eigenvalue weighted by molar-refractivity contribution is 7.89. The van der Waals surface area contributed by atoms with E-state index < -0.39 is 34.0 Å². The Morgan fingerprint density at radius 2 is 1.76 bits per heavy atom. The number of aryl methyl sites for hydroxylation is 1. The molecule has 0 aromatic heterocycles. The first-order valence-corrected chi connectivity index (χ1v) is 14.2. The van der Waals surface area contributed by atoms with E-state index in [2.05, 4.69) is 28.8 Å². The third-order valence-corrected chi connectivity index (χ3v) is 7.88. The number of carbonyl (C=O) groups is 2. The Bertz CT molecular complexity index is 1130. The zero-order valence-corrected chi connectivity index (χ0v) is 22.6. The van der Waals surface area contributed by atoms with E-state index in [1.54, 1.807) is 36.4 Å². The largest absolute Gasteiger partial charge is 0.492 e. The number of rotatable bonds is 13. The maximum atomic E-state index is 13.0. The van der Waals surface area contributed by atoms with Gasteiger partial charge in [0.25, 0.3) is 0 Å². The lowest BCUT2D eigenvalue weighted by molar-refractivity contribution is -0.162. The Kier molecular flexibility index (Phi) is 10.6. The molecule has 2 aromatic rings. The maximum Gasteiger partial charge on any atom is 0.332 e. The van der Waals surface area contributed by atoms with Gasteiger partial charge < -0.3 is 19.7 Å². The minimum Gasteiger partial charge on any atom is -0.492 e. The molecule has 2 atom stereocenters. The minimum absolute atomic E-state index is 0.00896. The molecule has 0 radical (unpaired) electrons. The minimum atomic E-state index is -4.04. The quantitative estimate of drug-likeness (QED) is 0.299. The van der Waals surface area contributed by atoms with Crippen LogP contribution in [0.25, 0.3) is 0 Å². The number of nitrogens with one attached hydrogen (secondary N) is 2. The van der Waals surface area contributed by atoms with Crippen LogP contribution < -0.4 is 14.8 Å². The van der Waals surface area contributed by atoms with Crippen LogP contribution in [0.1, 0.15) is 37.8 Å². The molecule has 3 rings (SSSR count). The van der Waals surface area contributed by atoms with Gasteiger partial charge in [0.2, 0.25) is 10.0 Å². The van der Waals surface area contributed by atoms with E-state index in [1.807, 2.05) is 6.92 Å². The third-order valence-electron chi connectivity index (χ3n) is 6.39. The molecule has 0 spiro atoms. The molecule has 0 saturated carbocycles. The van der Waals surface area contributed by atoms with Gasteiger partial charge in [0, 0.05) is 6.54 Å². The summed E-state index contributed by atoms with van der Waals surface area (Å²) in [6, 6.07) is 11.5. The summed E-state index contributed by atoms with van der Waals surface area (Å²) in [6.45, 7) is 9.98. The number of carbonyl (C=O) groups excluding carboxylic acids is 2. The zero-order valence-electron chi connectivity index (χ0n) is 21.7. The van der Waals surface area contributed by atoms with Crippen molar-refractivity contribution in [1.29, 1.82) is 0 Å². The number of esters is 2. The Balaban J connectivity index is 1.71. The highest BCUT2D eigenvalue weighted by Crippen LogP contribution is 2.17. The summed E-state index contributed by atoms with van der Waals surface area (Å²) in [6.07, 6.45) is 1.39. The number of benzene rings is 2. The van der Waals surface area contributed by atoms with E-state index in [-0.39, 0.29) is 11.3 Å². The molecule has 202 valence electrons. The Morgan fingerprint density at radius 1 is 1.08 bits per heavy atom. The maximum absolute atomic E-state index is 13.0. The fraction of sp³-hybridized carbons (Fsp3) is 0.481. The SMILES string of the molecule is CCN(CC)CCOc1ccc(C[C@H](NS(=O)(=O)c2ccc(C)cc2)C(=O)OC(=O)[C@@H]2CCCN2)cc1. The molecular weight excluding hydrogens is 494 g/mol. The second kappa shape index (κ2) is 13.7. The lowest BCUT2D eigenvalue weighted by atomic mass is 10.1. The van der Waals surface area contributed by atoms with Crippen LogP contribution in [0.3, 0.4) is 0 Å². The Hall–Kier alpha value is -2.79. The van der Waals surface area contributed by atoms with Crippen LogP contribution in [0, 0.1) is 6.92 Å². The molecule has 0 bridgehead atoms. The fourth-order valence-electron chi connectivity index (χ4n) is 4.06. The molecule has 1 fully saturated rings. The molecule has 0 amide bonds. The first-order valence-electron chi connectivity index (χ1n) is 12.7. The highest BCUT2D eigenvalue weighted by Gasteiger charge is 2.32. The smallest absolute Gasteiger partial charge is 0.332 e. The van der Waals surface area contributed by atoms with Crippen molar-refractivity contribution >= 4 is 22.0 Å². The van der Waals surface area contributed by atoms with Crippen LogP contribution in [-0.4, -0.2) is 70.1 Å². The van der Waals surface area contributed by atoms with Crippen molar-refractivity contribution in [2.75, 3.05) is 32.8 Å². The average Bonchev–Trinajstić information content (AvgIpc) is 3.43. The van der Waals surface area contributed by atoms with Gasteiger partial charge in [-0.15, -0.1) is 0 Å². The predicted octanol–water partition coefficient (Wildman–Crippen LogP) is 2.43. The topological polar surface area (TPSA) is 114 Å². The van der Waals surface area contributed by atoms with Crippen molar-refractivity contribution in [3.8, 4) is 5.75 Å². The van der Waals surface area contributed by atoms with Crippen molar-refractivity contribution < 1.29 is 27.5 Å². The Morgan fingerprint density at radius 3 is 2.35 bits per heavy atom.